The lowest BCUT2D eigenvalue weighted by Gasteiger charge is -2.57. The van der Waals surface area contributed by atoms with Crippen LogP contribution in [0.25, 0.3) is 0 Å². The van der Waals surface area contributed by atoms with Gasteiger partial charge in [-0.1, -0.05) is 96.9 Å². The van der Waals surface area contributed by atoms with E-state index in [1.54, 1.807) is 0 Å². The van der Waals surface area contributed by atoms with Crippen LogP contribution in [0, 0.1) is 22.2 Å². The second kappa shape index (κ2) is 7.06. The van der Waals surface area contributed by atoms with E-state index < -0.39 is 7.92 Å². The maximum absolute atomic E-state index is 14.0. The van der Waals surface area contributed by atoms with Gasteiger partial charge in [-0.25, -0.2) is 4.90 Å². The van der Waals surface area contributed by atoms with Crippen LogP contribution in [-0.2, 0) is 9.59 Å². The number of carbonyl (C=O) groups is 2. The van der Waals surface area contributed by atoms with Crippen LogP contribution >= 0.6 is 24.3 Å². The summed E-state index contributed by atoms with van der Waals surface area (Å²) in [6, 6.07) is 9.54. The maximum atomic E-state index is 14.0. The Labute approximate surface area is 191 Å². The van der Waals surface area contributed by atoms with Gasteiger partial charge in [0.1, 0.15) is 0 Å². The van der Waals surface area contributed by atoms with Gasteiger partial charge in [0.25, 0.3) is 0 Å². The normalized spacial score (nSPS) is 32.0. The average Bonchev–Trinajstić information content (AvgIpc) is 2.92. The van der Waals surface area contributed by atoms with E-state index in [2.05, 4.69) is 62.3 Å². The number of hydrogen-bond donors (Lipinski definition) is 0. The molecule has 0 aromatic heterocycles. The third-order valence-corrected chi connectivity index (χ3v) is 16.6. The van der Waals surface area contributed by atoms with Gasteiger partial charge in [0.2, 0.25) is 11.8 Å². The first kappa shape index (κ1) is 23.3. The maximum Gasteiger partial charge on any atom is 0.242 e. The molecule has 2 bridgehead atoms. The third kappa shape index (κ3) is 3.34. The summed E-state index contributed by atoms with van der Waals surface area (Å²) < 4.78 is 0. The average molecular weight is 473 g/mol. The van der Waals surface area contributed by atoms with Crippen molar-refractivity contribution < 1.29 is 9.59 Å². The first-order chi connectivity index (χ1) is 14.1. The number of amides is 2. The monoisotopic (exact) mass is 473 g/mol. The van der Waals surface area contributed by atoms with E-state index in [1.165, 1.54) is 31.4 Å². The first-order valence-electron chi connectivity index (χ1n) is 11.0. The van der Waals surface area contributed by atoms with Crippen molar-refractivity contribution in [1.29, 1.82) is 0 Å². The minimum absolute atomic E-state index is 0.00463. The highest BCUT2D eigenvalue weighted by Gasteiger charge is 2.69. The van der Waals surface area contributed by atoms with Gasteiger partial charge in [0, 0.05) is 0 Å². The Bertz CT molecular complexity index is 974. The quantitative estimate of drug-likeness (QED) is 0.324. The molecule has 2 amide bonds. The predicted molar refractivity (Wildman–Crippen MR) is 138 cm³/mol. The molecule has 1 aromatic carbocycles. The van der Waals surface area contributed by atoms with E-state index >= 15 is 0 Å². The van der Waals surface area contributed by atoms with E-state index in [1.807, 2.05) is 30.3 Å². The highest BCUT2D eigenvalue weighted by molar-refractivity contribution is 8.07. The van der Waals surface area contributed by atoms with Gasteiger partial charge in [-0.05, 0) is 46.4 Å². The SMILES string of the molecule is CC(C)(C)C1=PC2(C(C)(C)C)P=C(C(C)(C)C)P1C1C(=O)N(c3ccccc3)C(=O)C12. The number of nitrogens with zero attached hydrogens (tertiary/aromatic N) is 1. The molecule has 1 aromatic rings. The molecule has 4 aliphatic rings. The molecule has 0 N–H and O–H groups in total. The summed E-state index contributed by atoms with van der Waals surface area (Å²) in [7, 11) is 1.76. The largest absolute Gasteiger partial charge is 0.274 e. The molecular weight excluding hydrogens is 439 g/mol. The first-order valence-corrected chi connectivity index (χ1v) is 14.2. The molecule has 31 heavy (non-hydrogen) atoms. The molecule has 4 aliphatic heterocycles. The minimum atomic E-state index is -0.812. The van der Waals surface area contributed by atoms with Crippen molar-refractivity contribution in [2.45, 2.75) is 72.9 Å². The van der Waals surface area contributed by atoms with Crippen LogP contribution in [0.5, 0.6) is 0 Å². The topological polar surface area (TPSA) is 37.4 Å². The fraction of sp³-hybridized carbons (Fsp3) is 0.600. The molecule has 4 heterocycles. The summed E-state index contributed by atoms with van der Waals surface area (Å²) in [5, 5.41) is 3.00. The summed E-state index contributed by atoms with van der Waals surface area (Å²) in [6.45, 7) is 20.5. The molecule has 0 spiro atoms. The zero-order valence-electron chi connectivity index (χ0n) is 20.1. The number of hydrogen-bond acceptors (Lipinski definition) is 2. The Kier molecular flexibility index (Phi) is 5.31. The molecule has 5 rings (SSSR count). The zero-order chi connectivity index (χ0) is 23.1. The lowest BCUT2D eigenvalue weighted by molar-refractivity contribution is -0.122. The van der Waals surface area contributed by atoms with Crippen LogP contribution in [0.15, 0.2) is 30.3 Å². The molecule has 1 saturated heterocycles. The smallest absolute Gasteiger partial charge is 0.242 e. The molecule has 0 saturated carbocycles. The summed E-state index contributed by atoms with van der Waals surface area (Å²) in [5.41, 5.74) is 0.383. The lowest BCUT2D eigenvalue weighted by atomic mass is 9.81. The number of carbonyl (C=O) groups excluding carboxylic acids is 2. The van der Waals surface area contributed by atoms with E-state index in [-0.39, 0.29) is 44.5 Å². The summed E-state index contributed by atoms with van der Waals surface area (Å²) >= 11 is 0. The molecule has 2 atom stereocenters. The molecule has 6 heteroatoms. The molecule has 166 valence electrons. The third-order valence-electron chi connectivity index (χ3n) is 6.46. The van der Waals surface area contributed by atoms with Crippen molar-refractivity contribution in [1.82, 2.24) is 0 Å². The standard InChI is InChI=1S/C25H34NO2P3/c1-22(2,3)20-29-25(24(7,8)9)16-17(31(20)21(30-25)23(4,5)6)19(28)26(18(16)27)15-13-11-10-12-14-15/h10-14,16-17H,1-9H3. The van der Waals surface area contributed by atoms with Gasteiger partial charge < -0.3 is 0 Å². The highest BCUT2D eigenvalue weighted by atomic mass is 31.2. The van der Waals surface area contributed by atoms with Crippen molar-refractivity contribution in [2.24, 2.45) is 22.2 Å². The van der Waals surface area contributed by atoms with Crippen LogP contribution in [0.4, 0.5) is 5.69 Å². The van der Waals surface area contributed by atoms with E-state index in [4.69, 9.17) is 0 Å². The number of anilines is 1. The van der Waals surface area contributed by atoms with Crippen LogP contribution in [-0.4, -0.2) is 32.4 Å². The van der Waals surface area contributed by atoms with Crippen molar-refractivity contribution in [2.75, 3.05) is 4.90 Å². The highest BCUT2D eigenvalue weighted by Crippen LogP contribution is 2.78. The van der Waals surface area contributed by atoms with E-state index in [9.17, 15) is 9.59 Å². The Balaban J connectivity index is 2.02. The van der Waals surface area contributed by atoms with Gasteiger partial charge in [-0.2, -0.15) is 0 Å². The van der Waals surface area contributed by atoms with Crippen LogP contribution in [0.1, 0.15) is 62.3 Å². The lowest BCUT2D eigenvalue weighted by Crippen LogP contribution is -2.54. The summed E-state index contributed by atoms with van der Waals surface area (Å²) in [5.74, 6) is -0.203. The van der Waals surface area contributed by atoms with Crippen LogP contribution in [0.3, 0.4) is 0 Å². The fourth-order valence-electron chi connectivity index (χ4n) is 4.96. The molecule has 3 nitrogen and oxygen atoms in total. The zero-order valence-corrected chi connectivity index (χ0v) is 22.8. The Morgan fingerprint density at radius 1 is 0.806 bits per heavy atom. The van der Waals surface area contributed by atoms with Crippen LogP contribution < -0.4 is 4.90 Å². The predicted octanol–water partition coefficient (Wildman–Crippen LogP) is 7.04. The number of para-hydroxylation sites is 1. The molecular formula is C25H34NO2P3. The van der Waals surface area contributed by atoms with Crippen LogP contribution in [0.2, 0.25) is 0 Å². The Morgan fingerprint density at radius 2 is 1.29 bits per heavy atom. The summed E-state index contributed by atoms with van der Waals surface area (Å²) in [4.78, 5) is 29.3. The van der Waals surface area contributed by atoms with E-state index in [0.717, 1.165) is 5.69 Å². The van der Waals surface area contributed by atoms with Gasteiger partial charge in [-0.3, -0.25) is 9.59 Å². The minimum Gasteiger partial charge on any atom is -0.274 e. The van der Waals surface area contributed by atoms with Crippen molar-refractivity contribution in [3.63, 3.8) is 0 Å². The number of imide groups is 1. The van der Waals surface area contributed by atoms with Gasteiger partial charge in [0.05, 0.1) is 22.2 Å². The van der Waals surface area contributed by atoms with Crippen molar-refractivity contribution >= 4 is 51.9 Å². The Hall–Kier alpha value is -0.870. The van der Waals surface area contributed by atoms with E-state index in [0.29, 0.717) is 0 Å². The molecule has 1 fully saturated rings. The van der Waals surface area contributed by atoms with Gasteiger partial charge >= 0.3 is 0 Å². The second-order valence-corrected chi connectivity index (χ2v) is 18.0. The molecule has 2 unspecified atom stereocenters. The molecule has 0 radical (unpaired) electrons. The number of rotatable bonds is 1. The second-order valence-electron chi connectivity index (χ2n) is 12.0. The molecule has 0 aliphatic carbocycles. The van der Waals surface area contributed by atoms with Gasteiger partial charge in [-0.15, -0.1) is 0 Å². The fourth-order valence-corrected chi connectivity index (χ4v) is 15.8. The van der Waals surface area contributed by atoms with Gasteiger partial charge in [0.15, 0.2) is 0 Å². The van der Waals surface area contributed by atoms with Crippen molar-refractivity contribution in [3.8, 4) is 0 Å². The van der Waals surface area contributed by atoms with Crippen molar-refractivity contribution in [3.05, 3.63) is 30.3 Å². The number of benzene rings is 1. The Morgan fingerprint density at radius 3 is 1.71 bits per heavy atom. The summed E-state index contributed by atoms with van der Waals surface area (Å²) in [6.07, 6.45) is 0.